The Morgan fingerprint density at radius 3 is 2.29 bits per heavy atom. The molecule has 41 heavy (non-hydrogen) atoms. The van der Waals surface area contributed by atoms with E-state index in [-0.39, 0.29) is 6.03 Å². The number of hydrogen-bond donors (Lipinski definition) is 3. The number of nitrogens with zero attached hydrogens (tertiary/aromatic N) is 1. The number of hydrogen-bond acceptors (Lipinski definition) is 3. The Morgan fingerprint density at radius 2 is 1.59 bits per heavy atom. The minimum atomic E-state index is -0.430. The van der Waals surface area contributed by atoms with Crippen molar-refractivity contribution < 1.29 is 4.79 Å². The zero-order valence-electron chi connectivity index (χ0n) is 22.5. The summed E-state index contributed by atoms with van der Waals surface area (Å²) in [6, 6.07) is 33.3. The van der Waals surface area contributed by atoms with Crippen LogP contribution in [0.1, 0.15) is 34.1 Å². The first-order valence-electron chi connectivity index (χ1n) is 13.3. The summed E-state index contributed by atoms with van der Waals surface area (Å²) in [7, 11) is 0. The highest BCUT2D eigenvalue weighted by atomic mass is 35.5. The van der Waals surface area contributed by atoms with Crippen LogP contribution < -0.4 is 10.6 Å². The molecule has 0 fully saturated rings. The van der Waals surface area contributed by atoms with Crippen molar-refractivity contribution in [2.24, 2.45) is 0 Å². The fraction of sp³-hybridized carbons (Fsp3) is 0.152. The van der Waals surface area contributed by atoms with Crippen molar-refractivity contribution in [3.8, 4) is 11.3 Å². The number of carbonyl (C=O) groups is 1. The standard InChI is InChI=1S/C33H30Cl2N4OS/c1-22-12-14-25(15-13-22)30-31(35)39-32(38-30)28(18-23-8-4-2-5-9-23)37-33(40)36-20-26-19-27(34)16-17-29(26)41-21-24-10-6-3-7-11-24/h2-17,19,28H,18,20-21H2,1H3,(H,38,39)(H2,36,37,40)/t28-/m0/s1. The van der Waals surface area contributed by atoms with Gasteiger partial charge in [0.25, 0.3) is 0 Å². The number of rotatable bonds is 10. The van der Waals surface area contributed by atoms with Gasteiger partial charge >= 0.3 is 6.03 Å². The Kier molecular flexibility index (Phi) is 9.67. The van der Waals surface area contributed by atoms with E-state index in [0.717, 1.165) is 32.9 Å². The minimum Gasteiger partial charge on any atom is -0.334 e. The highest BCUT2D eigenvalue weighted by Crippen LogP contribution is 2.30. The fourth-order valence-electron chi connectivity index (χ4n) is 4.45. The number of aryl methyl sites for hydroxylation is 1. The summed E-state index contributed by atoms with van der Waals surface area (Å²) in [4.78, 5) is 22.3. The SMILES string of the molecule is Cc1ccc(-c2nc([C@H](Cc3ccccc3)NC(=O)NCc3cc(Cl)ccc3SCc3ccccc3)[nH]c2Cl)cc1. The monoisotopic (exact) mass is 600 g/mol. The lowest BCUT2D eigenvalue weighted by Gasteiger charge is -2.18. The summed E-state index contributed by atoms with van der Waals surface area (Å²) in [5.74, 6) is 1.41. The van der Waals surface area contributed by atoms with Crippen molar-refractivity contribution in [1.82, 2.24) is 20.6 Å². The van der Waals surface area contributed by atoms with Crippen LogP contribution >= 0.6 is 35.0 Å². The first kappa shape index (κ1) is 28.8. The van der Waals surface area contributed by atoms with Gasteiger partial charge in [-0.3, -0.25) is 0 Å². The van der Waals surface area contributed by atoms with Crippen LogP contribution in [0, 0.1) is 6.92 Å². The molecule has 5 aromatic rings. The Labute approximate surface area is 254 Å². The maximum Gasteiger partial charge on any atom is 0.315 e. The largest absolute Gasteiger partial charge is 0.334 e. The molecule has 0 aliphatic rings. The number of halogens is 2. The van der Waals surface area contributed by atoms with Gasteiger partial charge in [-0.25, -0.2) is 9.78 Å². The molecule has 0 spiro atoms. The maximum absolute atomic E-state index is 13.2. The van der Waals surface area contributed by atoms with Crippen molar-refractivity contribution in [2.45, 2.75) is 36.6 Å². The molecule has 8 heteroatoms. The molecule has 0 unspecified atom stereocenters. The Balaban J connectivity index is 1.31. The van der Waals surface area contributed by atoms with E-state index in [1.807, 2.05) is 97.9 Å². The number of thioether (sulfide) groups is 1. The van der Waals surface area contributed by atoms with Crippen molar-refractivity contribution in [2.75, 3.05) is 0 Å². The van der Waals surface area contributed by atoms with Gasteiger partial charge < -0.3 is 15.6 Å². The van der Waals surface area contributed by atoms with Crippen LogP contribution in [0.2, 0.25) is 10.2 Å². The minimum absolute atomic E-state index is 0.311. The lowest BCUT2D eigenvalue weighted by Crippen LogP contribution is -2.38. The van der Waals surface area contributed by atoms with Crippen LogP contribution in [0.4, 0.5) is 4.79 Å². The maximum atomic E-state index is 13.2. The third kappa shape index (κ3) is 7.94. The Morgan fingerprint density at radius 1 is 0.902 bits per heavy atom. The quantitative estimate of drug-likeness (QED) is 0.140. The molecule has 0 aliphatic carbocycles. The lowest BCUT2D eigenvalue weighted by atomic mass is 10.1. The van der Waals surface area contributed by atoms with Gasteiger partial charge in [-0.1, -0.05) is 114 Å². The molecule has 1 heterocycles. The molecule has 0 radical (unpaired) electrons. The van der Waals surface area contributed by atoms with Crippen LogP contribution in [0.5, 0.6) is 0 Å². The van der Waals surface area contributed by atoms with Gasteiger partial charge in [-0.05, 0) is 48.2 Å². The molecule has 2 amide bonds. The van der Waals surface area contributed by atoms with Gasteiger partial charge in [0.1, 0.15) is 16.7 Å². The topological polar surface area (TPSA) is 69.8 Å². The zero-order valence-corrected chi connectivity index (χ0v) is 24.9. The lowest BCUT2D eigenvalue weighted by molar-refractivity contribution is 0.236. The summed E-state index contributed by atoms with van der Waals surface area (Å²) in [6.07, 6.45) is 0.542. The molecule has 208 valence electrons. The summed E-state index contributed by atoms with van der Waals surface area (Å²) in [6.45, 7) is 2.36. The second-order valence-corrected chi connectivity index (χ2v) is 11.6. The molecule has 4 aromatic carbocycles. The first-order chi connectivity index (χ1) is 19.9. The molecule has 5 rings (SSSR count). The summed E-state index contributed by atoms with van der Waals surface area (Å²) in [5, 5.41) is 7.18. The van der Waals surface area contributed by atoms with Crippen LogP contribution in [0.25, 0.3) is 11.3 Å². The highest BCUT2D eigenvalue weighted by molar-refractivity contribution is 7.98. The second-order valence-electron chi connectivity index (χ2n) is 9.75. The van der Waals surface area contributed by atoms with Crippen LogP contribution in [-0.2, 0) is 18.7 Å². The number of nitrogens with one attached hydrogen (secondary N) is 3. The number of imidazole rings is 1. The van der Waals surface area contributed by atoms with Gasteiger partial charge in [0.2, 0.25) is 0 Å². The molecule has 1 atom stereocenters. The average Bonchev–Trinajstić information content (AvgIpc) is 3.38. The third-order valence-corrected chi connectivity index (χ3v) is 8.32. The van der Waals surface area contributed by atoms with Gasteiger partial charge in [0.15, 0.2) is 0 Å². The number of benzene rings is 4. The highest BCUT2D eigenvalue weighted by Gasteiger charge is 2.22. The molecule has 0 saturated heterocycles. The van der Waals surface area contributed by atoms with E-state index in [2.05, 4.69) is 27.8 Å². The molecule has 1 aromatic heterocycles. The van der Waals surface area contributed by atoms with Gasteiger partial charge in [-0.15, -0.1) is 11.8 Å². The second kappa shape index (κ2) is 13.8. The zero-order chi connectivity index (χ0) is 28.6. The molecule has 5 nitrogen and oxygen atoms in total. The summed E-state index contributed by atoms with van der Waals surface area (Å²) < 4.78 is 0. The normalized spacial score (nSPS) is 11.7. The van der Waals surface area contributed by atoms with E-state index >= 15 is 0 Å². The molecular weight excluding hydrogens is 571 g/mol. The van der Waals surface area contributed by atoms with Crippen molar-refractivity contribution in [3.63, 3.8) is 0 Å². The average molecular weight is 602 g/mol. The van der Waals surface area contributed by atoms with E-state index in [0.29, 0.717) is 34.7 Å². The van der Waals surface area contributed by atoms with Crippen LogP contribution in [0.3, 0.4) is 0 Å². The third-order valence-electron chi connectivity index (χ3n) is 6.62. The number of carbonyl (C=O) groups excluding carboxylic acids is 1. The molecule has 0 bridgehead atoms. The van der Waals surface area contributed by atoms with E-state index < -0.39 is 6.04 Å². The number of aromatic amines is 1. The number of H-pyrrole nitrogens is 1. The van der Waals surface area contributed by atoms with E-state index in [1.54, 1.807) is 11.8 Å². The molecule has 3 N–H and O–H groups in total. The summed E-state index contributed by atoms with van der Waals surface area (Å²) in [5.41, 5.74) is 5.97. The van der Waals surface area contributed by atoms with E-state index in [1.165, 1.54) is 5.56 Å². The predicted molar refractivity (Wildman–Crippen MR) is 169 cm³/mol. The van der Waals surface area contributed by atoms with E-state index in [4.69, 9.17) is 28.2 Å². The number of amides is 2. The predicted octanol–water partition coefficient (Wildman–Crippen LogP) is 8.77. The van der Waals surface area contributed by atoms with Crippen molar-refractivity contribution in [1.29, 1.82) is 0 Å². The Hall–Kier alpha value is -3.71. The molecule has 0 aliphatic heterocycles. The smallest absolute Gasteiger partial charge is 0.315 e. The van der Waals surface area contributed by atoms with Gasteiger partial charge in [-0.2, -0.15) is 0 Å². The first-order valence-corrected chi connectivity index (χ1v) is 15.0. The number of aromatic nitrogens is 2. The van der Waals surface area contributed by atoms with Crippen molar-refractivity contribution >= 4 is 41.0 Å². The van der Waals surface area contributed by atoms with Crippen LogP contribution in [-0.4, -0.2) is 16.0 Å². The molecular formula is C33H30Cl2N4OS. The fourth-order valence-corrected chi connectivity index (χ4v) is 5.89. The van der Waals surface area contributed by atoms with Gasteiger partial charge in [0, 0.05) is 27.8 Å². The molecule has 0 saturated carbocycles. The summed E-state index contributed by atoms with van der Waals surface area (Å²) >= 11 is 14.6. The van der Waals surface area contributed by atoms with Gasteiger partial charge in [0.05, 0.1) is 6.04 Å². The Bertz CT molecular complexity index is 1590. The van der Waals surface area contributed by atoms with Crippen LogP contribution in [0.15, 0.2) is 108 Å². The van der Waals surface area contributed by atoms with E-state index in [9.17, 15) is 4.79 Å². The number of urea groups is 1. The van der Waals surface area contributed by atoms with Crippen molar-refractivity contribution in [3.05, 3.63) is 141 Å².